The van der Waals surface area contributed by atoms with E-state index >= 15 is 0 Å². The Labute approximate surface area is 168 Å². The van der Waals surface area contributed by atoms with E-state index in [-0.39, 0.29) is 5.91 Å². The number of likely N-dealkylation sites (N-methyl/N-ethyl adjacent to an activating group) is 1. The molecule has 146 valence electrons. The molecular formula is C22H21N5O2. The molecule has 7 heteroatoms. The smallest absolute Gasteiger partial charge is 0.267 e. The van der Waals surface area contributed by atoms with E-state index in [2.05, 4.69) is 27.1 Å². The monoisotopic (exact) mass is 387 g/mol. The zero-order chi connectivity index (χ0) is 20.4. The van der Waals surface area contributed by atoms with E-state index in [1.54, 1.807) is 7.05 Å². The highest BCUT2D eigenvalue weighted by atomic mass is 16.3. The molecule has 0 bridgehead atoms. The van der Waals surface area contributed by atoms with Gasteiger partial charge in [0, 0.05) is 37.7 Å². The zero-order valence-electron chi connectivity index (χ0n) is 16.3. The molecule has 1 aromatic carbocycles. The van der Waals surface area contributed by atoms with Crippen molar-refractivity contribution in [3.8, 4) is 23.1 Å². The average Bonchev–Trinajstić information content (AvgIpc) is 3.00. The fourth-order valence-electron chi connectivity index (χ4n) is 3.30. The summed E-state index contributed by atoms with van der Waals surface area (Å²) >= 11 is 0. The topological polar surface area (TPSA) is 91.2 Å². The summed E-state index contributed by atoms with van der Waals surface area (Å²) in [6, 6.07) is 11.4. The molecule has 3 aromatic rings. The minimum atomic E-state index is -1.61. The third-order valence-corrected chi connectivity index (χ3v) is 4.91. The Hall–Kier alpha value is -3.50. The first-order valence-corrected chi connectivity index (χ1v) is 9.47. The SMILES string of the molecule is CCNc1ncnc2ccc(-c3cccc(C#CC4(O)CCN(C)C4=O)c3)nc12. The van der Waals surface area contributed by atoms with Crippen LogP contribution in [0.5, 0.6) is 0 Å². The van der Waals surface area contributed by atoms with E-state index in [1.807, 2.05) is 43.3 Å². The maximum atomic E-state index is 12.1. The molecule has 7 nitrogen and oxygen atoms in total. The lowest BCUT2D eigenvalue weighted by atomic mass is 10.0. The predicted molar refractivity (Wildman–Crippen MR) is 111 cm³/mol. The quantitative estimate of drug-likeness (QED) is 0.669. The number of aromatic nitrogens is 3. The average molecular weight is 387 g/mol. The Morgan fingerprint density at radius 2 is 2.14 bits per heavy atom. The van der Waals surface area contributed by atoms with Crippen LogP contribution in [0, 0.1) is 11.8 Å². The van der Waals surface area contributed by atoms with Crippen LogP contribution in [0.15, 0.2) is 42.7 Å². The molecule has 1 amide bonds. The molecule has 1 atom stereocenters. The second-order valence-electron chi connectivity index (χ2n) is 6.98. The summed E-state index contributed by atoms with van der Waals surface area (Å²) in [6.45, 7) is 3.24. The number of nitrogens with one attached hydrogen (secondary N) is 1. The van der Waals surface area contributed by atoms with E-state index in [0.29, 0.717) is 29.9 Å². The number of rotatable bonds is 3. The zero-order valence-corrected chi connectivity index (χ0v) is 16.3. The van der Waals surface area contributed by atoms with E-state index in [4.69, 9.17) is 4.98 Å². The summed E-state index contributed by atoms with van der Waals surface area (Å²) in [5.74, 6) is 6.04. The van der Waals surface area contributed by atoms with Crippen molar-refractivity contribution in [1.29, 1.82) is 0 Å². The van der Waals surface area contributed by atoms with Crippen LogP contribution in [0.1, 0.15) is 18.9 Å². The highest BCUT2D eigenvalue weighted by Gasteiger charge is 2.42. The van der Waals surface area contributed by atoms with Crippen molar-refractivity contribution in [1.82, 2.24) is 19.9 Å². The molecule has 1 unspecified atom stereocenters. The van der Waals surface area contributed by atoms with Gasteiger partial charge < -0.3 is 15.3 Å². The van der Waals surface area contributed by atoms with Gasteiger partial charge in [0.05, 0.1) is 11.2 Å². The number of pyridine rings is 1. The first-order chi connectivity index (χ1) is 14.0. The van der Waals surface area contributed by atoms with Crippen molar-refractivity contribution in [3.05, 3.63) is 48.3 Å². The first-order valence-electron chi connectivity index (χ1n) is 9.47. The van der Waals surface area contributed by atoms with Crippen LogP contribution in [0.2, 0.25) is 0 Å². The molecule has 3 heterocycles. The molecule has 1 aliphatic rings. The standard InChI is InChI=1S/C22H21N5O2/c1-3-23-20-19-18(24-14-25-20)8-7-17(26-19)16-6-4-5-15(13-16)9-10-22(29)11-12-27(2)21(22)28/h4-8,13-14,29H,3,11-12H2,1-2H3,(H,23,24,25). The van der Waals surface area contributed by atoms with Crippen LogP contribution in [0.3, 0.4) is 0 Å². The van der Waals surface area contributed by atoms with Crippen LogP contribution in [0.4, 0.5) is 5.82 Å². The lowest BCUT2D eigenvalue weighted by Crippen LogP contribution is -2.37. The van der Waals surface area contributed by atoms with Gasteiger partial charge >= 0.3 is 0 Å². The molecule has 29 heavy (non-hydrogen) atoms. The van der Waals surface area contributed by atoms with Gasteiger partial charge in [-0.05, 0) is 31.2 Å². The van der Waals surface area contributed by atoms with E-state index in [0.717, 1.165) is 23.3 Å². The van der Waals surface area contributed by atoms with Gasteiger partial charge in [0.25, 0.3) is 5.91 Å². The van der Waals surface area contributed by atoms with Crippen molar-refractivity contribution < 1.29 is 9.90 Å². The number of nitrogens with zero attached hydrogens (tertiary/aromatic N) is 4. The fourth-order valence-corrected chi connectivity index (χ4v) is 3.30. The fraction of sp³-hybridized carbons (Fsp3) is 0.273. The van der Waals surface area contributed by atoms with Gasteiger partial charge in [0.1, 0.15) is 11.8 Å². The number of fused-ring (bicyclic) bond motifs is 1. The number of hydrogen-bond acceptors (Lipinski definition) is 6. The maximum absolute atomic E-state index is 12.1. The normalized spacial score (nSPS) is 18.6. The predicted octanol–water partition coefficient (Wildman–Crippen LogP) is 2.07. The number of carbonyl (C=O) groups is 1. The third kappa shape index (κ3) is 3.62. The van der Waals surface area contributed by atoms with Gasteiger partial charge in [-0.2, -0.15) is 0 Å². The highest BCUT2D eigenvalue weighted by molar-refractivity contribution is 5.90. The van der Waals surface area contributed by atoms with Gasteiger partial charge in [0.2, 0.25) is 5.60 Å². The minimum absolute atomic E-state index is 0.314. The van der Waals surface area contributed by atoms with Crippen molar-refractivity contribution in [2.45, 2.75) is 18.9 Å². The lowest BCUT2D eigenvalue weighted by molar-refractivity contribution is -0.137. The van der Waals surface area contributed by atoms with Crippen LogP contribution in [0.25, 0.3) is 22.3 Å². The largest absolute Gasteiger partial charge is 0.369 e. The highest BCUT2D eigenvalue weighted by Crippen LogP contribution is 2.24. The second-order valence-corrected chi connectivity index (χ2v) is 6.98. The van der Waals surface area contributed by atoms with E-state index in [9.17, 15) is 9.90 Å². The molecule has 1 saturated heterocycles. The summed E-state index contributed by atoms with van der Waals surface area (Å²) in [4.78, 5) is 26.9. The van der Waals surface area contributed by atoms with Gasteiger partial charge in [-0.25, -0.2) is 15.0 Å². The second kappa shape index (κ2) is 7.49. The van der Waals surface area contributed by atoms with Gasteiger partial charge in [-0.15, -0.1) is 0 Å². The first kappa shape index (κ1) is 18.8. The lowest BCUT2D eigenvalue weighted by Gasteiger charge is -2.13. The molecule has 1 fully saturated rings. The van der Waals surface area contributed by atoms with Crippen LogP contribution < -0.4 is 5.32 Å². The molecule has 1 aliphatic heterocycles. The minimum Gasteiger partial charge on any atom is -0.369 e. The number of carbonyl (C=O) groups excluding carboxylic acids is 1. The van der Waals surface area contributed by atoms with Gasteiger partial charge in [-0.3, -0.25) is 4.79 Å². The maximum Gasteiger partial charge on any atom is 0.267 e. The summed E-state index contributed by atoms with van der Waals surface area (Å²) in [5, 5.41) is 13.7. The number of aliphatic hydroxyl groups is 1. The van der Waals surface area contributed by atoms with Gasteiger partial charge in [-0.1, -0.05) is 24.0 Å². The number of amides is 1. The molecule has 0 spiro atoms. The van der Waals surface area contributed by atoms with Crippen molar-refractivity contribution in [2.24, 2.45) is 0 Å². The molecule has 0 saturated carbocycles. The van der Waals surface area contributed by atoms with Crippen molar-refractivity contribution in [3.63, 3.8) is 0 Å². The van der Waals surface area contributed by atoms with Crippen molar-refractivity contribution >= 4 is 22.8 Å². The Balaban J connectivity index is 1.69. The number of anilines is 1. The van der Waals surface area contributed by atoms with E-state index in [1.165, 1.54) is 11.2 Å². The van der Waals surface area contributed by atoms with Gasteiger partial charge in [0.15, 0.2) is 5.82 Å². The molecular weight excluding hydrogens is 366 g/mol. The summed E-state index contributed by atoms with van der Waals surface area (Å²) in [5.41, 5.74) is 2.22. The molecule has 2 N–H and O–H groups in total. The van der Waals surface area contributed by atoms with Crippen LogP contribution in [-0.2, 0) is 4.79 Å². The Kier molecular flexibility index (Phi) is 4.87. The number of hydrogen-bond donors (Lipinski definition) is 2. The Morgan fingerprint density at radius 3 is 2.90 bits per heavy atom. The number of likely N-dealkylation sites (tertiary alicyclic amines) is 1. The van der Waals surface area contributed by atoms with Crippen LogP contribution in [-0.4, -0.2) is 56.6 Å². The van der Waals surface area contributed by atoms with E-state index < -0.39 is 5.60 Å². The summed E-state index contributed by atoms with van der Waals surface area (Å²) in [7, 11) is 1.67. The summed E-state index contributed by atoms with van der Waals surface area (Å²) in [6.07, 6.45) is 1.83. The summed E-state index contributed by atoms with van der Waals surface area (Å²) < 4.78 is 0. The Bertz CT molecular complexity index is 1150. The molecule has 4 rings (SSSR count). The van der Waals surface area contributed by atoms with Crippen LogP contribution >= 0.6 is 0 Å². The molecule has 2 aromatic heterocycles. The Morgan fingerprint density at radius 1 is 1.28 bits per heavy atom. The number of benzene rings is 1. The third-order valence-electron chi connectivity index (χ3n) is 4.91. The van der Waals surface area contributed by atoms with Crippen molar-refractivity contribution in [2.75, 3.05) is 25.5 Å². The molecule has 0 aliphatic carbocycles. The molecule has 0 radical (unpaired) electrons.